The second kappa shape index (κ2) is 13.8. The molecule has 1 unspecified atom stereocenters. The zero-order chi connectivity index (χ0) is 19.5. The van der Waals surface area contributed by atoms with E-state index in [2.05, 4.69) is 20.9 Å². The van der Waals surface area contributed by atoms with Gasteiger partial charge < -0.3 is 20.4 Å². The van der Waals surface area contributed by atoms with Crippen molar-refractivity contribution in [3.63, 3.8) is 0 Å². The average Bonchev–Trinajstić information content (AvgIpc) is 3.16. The van der Waals surface area contributed by atoms with Crippen LogP contribution in [0.3, 0.4) is 0 Å². The smallest absolute Gasteiger partial charge is 0.221 e. The fourth-order valence-corrected chi connectivity index (χ4v) is 3.30. The first-order valence-corrected chi connectivity index (χ1v) is 10.2. The van der Waals surface area contributed by atoms with Crippen LogP contribution in [0.4, 0.5) is 0 Å². The number of nitrogens with zero attached hydrogens (tertiary/aromatic N) is 2. The molecule has 1 aromatic rings. The van der Waals surface area contributed by atoms with Crippen molar-refractivity contribution in [3.05, 3.63) is 24.2 Å². The lowest BCUT2D eigenvalue weighted by Gasteiger charge is -2.32. The lowest BCUT2D eigenvalue weighted by Crippen LogP contribution is -2.41. The lowest BCUT2D eigenvalue weighted by molar-refractivity contribution is -0.121. The van der Waals surface area contributed by atoms with Gasteiger partial charge in [0.05, 0.1) is 18.8 Å². The van der Waals surface area contributed by atoms with E-state index in [9.17, 15) is 4.79 Å². The highest BCUT2D eigenvalue weighted by Gasteiger charge is 2.24. The number of nitrogens with one attached hydrogen (secondary N) is 3. The second-order valence-electron chi connectivity index (χ2n) is 7.25. The van der Waals surface area contributed by atoms with Gasteiger partial charge >= 0.3 is 0 Å². The standard InChI is InChI=1S/C20H35N5O2.HI/c1-4-21-20(22-11-10-19(26)24-16(2)3)23-15-17(18-9-8-14-27-18)25-12-6-5-7-13-25;/h8-9,14,16-17H,4-7,10-13,15H2,1-3H3,(H,24,26)(H2,21,22,23);1H. The Morgan fingerprint density at radius 3 is 2.61 bits per heavy atom. The molecule has 7 nitrogen and oxygen atoms in total. The minimum Gasteiger partial charge on any atom is -0.468 e. The van der Waals surface area contributed by atoms with E-state index in [0.717, 1.165) is 31.4 Å². The Balaban J connectivity index is 0.00000392. The van der Waals surface area contributed by atoms with Gasteiger partial charge in [0.25, 0.3) is 0 Å². The molecule has 2 rings (SSSR count). The van der Waals surface area contributed by atoms with E-state index in [-0.39, 0.29) is 42.0 Å². The van der Waals surface area contributed by atoms with Gasteiger partial charge in [-0.25, -0.2) is 0 Å². The molecule has 1 saturated heterocycles. The molecular weight excluding hydrogens is 469 g/mol. The van der Waals surface area contributed by atoms with Crippen LogP contribution in [0.5, 0.6) is 0 Å². The second-order valence-corrected chi connectivity index (χ2v) is 7.25. The van der Waals surface area contributed by atoms with Crippen LogP contribution >= 0.6 is 24.0 Å². The summed E-state index contributed by atoms with van der Waals surface area (Å²) in [7, 11) is 0. The monoisotopic (exact) mass is 505 g/mol. The summed E-state index contributed by atoms with van der Waals surface area (Å²) >= 11 is 0. The highest BCUT2D eigenvalue weighted by molar-refractivity contribution is 14.0. The number of aliphatic imine (C=N–C) groups is 1. The minimum atomic E-state index is 0. The number of likely N-dealkylation sites (tertiary alicyclic amines) is 1. The zero-order valence-electron chi connectivity index (χ0n) is 17.4. The van der Waals surface area contributed by atoms with Crippen molar-refractivity contribution in [1.29, 1.82) is 0 Å². The summed E-state index contributed by atoms with van der Waals surface area (Å²) in [6.45, 7) is 10.1. The predicted octanol–water partition coefficient (Wildman–Crippen LogP) is 2.89. The Hall–Kier alpha value is -1.29. The number of halogens is 1. The molecule has 0 aliphatic carbocycles. The van der Waals surface area contributed by atoms with Gasteiger partial charge in [0, 0.05) is 25.6 Å². The van der Waals surface area contributed by atoms with E-state index in [1.807, 2.05) is 32.9 Å². The summed E-state index contributed by atoms with van der Waals surface area (Å²) in [5.41, 5.74) is 0. The van der Waals surface area contributed by atoms with E-state index >= 15 is 0 Å². The molecule has 1 aliphatic rings. The topological polar surface area (TPSA) is 81.9 Å². The molecule has 1 fully saturated rings. The van der Waals surface area contributed by atoms with Crippen molar-refractivity contribution in [3.8, 4) is 0 Å². The average molecular weight is 505 g/mol. The summed E-state index contributed by atoms with van der Waals surface area (Å²) in [5, 5.41) is 9.42. The summed E-state index contributed by atoms with van der Waals surface area (Å²) in [6, 6.07) is 4.29. The van der Waals surface area contributed by atoms with E-state index in [4.69, 9.17) is 9.41 Å². The molecule has 1 atom stereocenters. The highest BCUT2D eigenvalue weighted by atomic mass is 127. The molecule has 8 heteroatoms. The van der Waals surface area contributed by atoms with Crippen molar-refractivity contribution in [2.24, 2.45) is 4.99 Å². The van der Waals surface area contributed by atoms with Crippen LogP contribution in [0.25, 0.3) is 0 Å². The summed E-state index contributed by atoms with van der Waals surface area (Å²) in [6.07, 6.45) is 5.91. The van der Waals surface area contributed by atoms with Crippen LogP contribution in [0.15, 0.2) is 27.8 Å². The number of furan rings is 1. The fourth-order valence-electron chi connectivity index (χ4n) is 3.30. The number of piperidine rings is 1. The normalized spacial score (nSPS) is 16.4. The molecule has 0 spiro atoms. The van der Waals surface area contributed by atoms with Crippen LogP contribution in [-0.4, -0.2) is 55.5 Å². The maximum absolute atomic E-state index is 11.8. The largest absolute Gasteiger partial charge is 0.468 e. The molecule has 1 aromatic heterocycles. The molecule has 0 radical (unpaired) electrons. The van der Waals surface area contributed by atoms with Crippen molar-refractivity contribution in [1.82, 2.24) is 20.9 Å². The molecule has 1 amide bonds. The quantitative estimate of drug-likeness (QED) is 0.273. The van der Waals surface area contributed by atoms with Crippen LogP contribution in [0, 0.1) is 0 Å². The van der Waals surface area contributed by atoms with Gasteiger partial charge in [0.2, 0.25) is 5.91 Å². The van der Waals surface area contributed by atoms with Crippen molar-refractivity contribution >= 4 is 35.8 Å². The molecule has 3 N–H and O–H groups in total. The number of carbonyl (C=O) groups excluding carboxylic acids is 1. The minimum absolute atomic E-state index is 0. The first-order chi connectivity index (χ1) is 13.1. The van der Waals surface area contributed by atoms with Crippen molar-refractivity contribution < 1.29 is 9.21 Å². The van der Waals surface area contributed by atoms with E-state index in [0.29, 0.717) is 19.5 Å². The van der Waals surface area contributed by atoms with Crippen LogP contribution in [0.2, 0.25) is 0 Å². The van der Waals surface area contributed by atoms with Gasteiger partial charge in [-0.15, -0.1) is 24.0 Å². The zero-order valence-corrected chi connectivity index (χ0v) is 19.7. The predicted molar refractivity (Wildman–Crippen MR) is 124 cm³/mol. The first-order valence-electron chi connectivity index (χ1n) is 10.2. The van der Waals surface area contributed by atoms with Crippen LogP contribution < -0.4 is 16.0 Å². The first kappa shape index (κ1) is 24.7. The third-order valence-corrected chi connectivity index (χ3v) is 4.56. The number of rotatable bonds is 9. The highest BCUT2D eigenvalue weighted by Crippen LogP contribution is 2.25. The molecule has 28 heavy (non-hydrogen) atoms. The van der Waals surface area contributed by atoms with Gasteiger partial charge in [-0.1, -0.05) is 6.42 Å². The molecule has 0 aromatic carbocycles. The molecule has 2 heterocycles. The van der Waals surface area contributed by atoms with Gasteiger partial charge in [0.15, 0.2) is 5.96 Å². The fraction of sp³-hybridized carbons (Fsp3) is 0.700. The molecule has 160 valence electrons. The van der Waals surface area contributed by atoms with Gasteiger partial charge in [-0.3, -0.25) is 14.7 Å². The van der Waals surface area contributed by atoms with Gasteiger partial charge in [-0.05, 0) is 58.8 Å². The SMILES string of the molecule is CCNC(=NCC(c1ccco1)N1CCCCC1)NCCC(=O)NC(C)C.I. The number of carbonyl (C=O) groups is 1. The van der Waals surface area contributed by atoms with E-state index in [1.54, 1.807) is 6.26 Å². The maximum Gasteiger partial charge on any atom is 0.221 e. The van der Waals surface area contributed by atoms with Crippen molar-refractivity contribution in [2.45, 2.75) is 58.5 Å². The summed E-state index contributed by atoms with van der Waals surface area (Å²) < 4.78 is 5.69. The van der Waals surface area contributed by atoms with E-state index in [1.165, 1.54) is 19.3 Å². The maximum atomic E-state index is 11.8. The molecule has 0 bridgehead atoms. The van der Waals surface area contributed by atoms with Gasteiger partial charge in [0.1, 0.15) is 5.76 Å². The number of amides is 1. The summed E-state index contributed by atoms with van der Waals surface area (Å²) in [5.74, 6) is 1.76. The van der Waals surface area contributed by atoms with Crippen molar-refractivity contribution in [2.75, 3.05) is 32.7 Å². The lowest BCUT2D eigenvalue weighted by atomic mass is 10.1. The van der Waals surface area contributed by atoms with Gasteiger partial charge in [-0.2, -0.15) is 0 Å². The van der Waals surface area contributed by atoms with Crippen LogP contribution in [0.1, 0.15) is 58.3 Å². The Labute approximate surface area is 186 Å². The summed E-state index contributed by atoms with van der Waals surface area (Å²) in [4.78, 5) is 19.0. The number of hydrogen-bond donors (Lipinski definition) is 3. The number of guanidine groups is 1. The molecule has 0 saturated carbocycles. The molecular formula is C20H36IN5O2. The molecule has 1 aliphatic heterocycles. The Kier molecular flexibility index (Phi) is 12.2. The Morgan fingerprint density at radius 1 is 1.25 bits per heavy atom. The Bertz CT molecular complexity index is 571. The van der Waals surface area contributed by atoms with Crippen LogP contribution in [-0.2, 0) is 4.79 Å². The van der Waals surface area contributed by atoms with E-state index < -0.39 is 0 Å². The Morgan fingerprint density at radius 2 is 2.00 bits per heavy atom. The third-order valence-electron chi connectivity index (χ3n) is 4.56. The third kappa shape index (κ3) is 8.81. The number of hydrogen-bond acceptors (Lipinski definition) is 4.